The molecule has 0 amide bonds. The van der Waals surface area contributed by atoms with Gasteiger partial charge in [-0.3, -0.25) is 0 Å². The second-order valence-corrected chi connectivity index (χ2v) is 6.20. The molecule has 1 aliphatic rings. The van der Waals surface area contributed by atoms with Crippen molar-refractivity contribution in [3.8, 4) is 5.88 Å². The molecule has 1 saturated carbocycles. The molecule has 0 bridgehead atoms. The number of rotatable bonds is 7. The molecule has 2 aromatic heterocycles. The lowest BCUT2D eigenvalue weighted by Crippen LogP contribution is -2.17. The average Bonchev–Trinajstić information content (AvgIpc) is 3.14. The van der Waals surface area contributed by atoms with Gasteiger partial charge < -0.3 is 10.1 Å². The quantitative estimate of drug-likeness (QED) is 0.842. The maximum atomic E-state index is 5.71. The van der Waals surface area contributed by atoms with Crippen LogP contribution in [0.5, 0.6) is 5.88 Å². The van der Waals surface area contributed by atoms with E-state index in [2.05, 4.69) is 34.1 Å². The first-order chi connectivity index (χ1) is 9.81. The molecule has 0 spiro atoms. The fraction of sp³-hybridized carbons (Fsp3) is 0.438. The van der Waals surface area contributed by atoms with Crippen molar-refractivity contribution in [1.82, 2.24) is 10.3 Å². The van der Waals surface area contributed by atoms with Crippen molar-refractivity contribution in [2.24, 2.45) is 5.92 Å². The molecule has 1 N–H and O–H groups in total. The molecule has 2 aromatic rings. The molecule has 1 atom stereocenters. The van der Waals surface area contributed by atoms with Gasteiger partial charge in [0.05, 0.1) is 6.61 Å². The molecular formula is C16H20N2OS. The summed E-state index contributed by atoms with van der Waals surface area (Å²) in [6.07, 6.45) is 4.44. The van der Waals surface area contributed by atoms with Gasteiger partial charge in [-0.25, -0.2) is 4.98 Å². The van der Waals surface area contributed by atoms with Gasteiger partial charge in [-0.15, -0.1) is 0 Å². The van der Waals surface area contributed by atoms with Gasteiger partial charge in [-0.05, 0) is 59.7 Å². The number of hydrogen-bond acceptors (Lipinski definition) is 4. The monoisotopic (exact) mass is 288 g/mol. The van der Waals surface area contributed by atoms with E-state index in [1.807, 2.05) is 18.3 Å². The van der Waals surface area contributed by atoms with Gasteiger partial charge in [-0.2, -0.15) is 11.3 Å². The van der Waals surface area contributed by atoms with E-state index in [9.17, 15) is 0 Å². The van der Waals surface area contributed by atoms with Gasteiger partial charge in [0.1, 0.15) is 0 Å². The van der Waals surface area contributed by atoms with Crippen LogP contribution >= 0.6 is 11.3 Å². The van der Waals surface area contributed by atoms with Crippen LogP contribution in [0.25, 0.3) is 0 Å². The Bertz CT molecular complexity index is 537. The summed E-state index contributed by atoms with van der Waals surface area (Å²) in [5, 5.41) is 7.83. The van der Waals surface area contributed by atoms with Crippen molar-refractivity contribution < 1.29 is 4.74 Å². The van der Waals surface area contributed by atoms with Crippen molar-refractivity contribution >= 4 is 11.3 Å². The zero-order valence-electron chi connectivity index (χ0n) is 11.7. The van der Waals surface area contributed by atoms with E-state index >= 15 is 0 Å². The fourth-order valence-electron chi connectivity index (χ4n) is 2.04. The Kier molecular flexibility index (Phi) is 4.33. The van der Waals surface area contributed by atoms with Crippen LogP contribution in [0.15, 0.2) is 35.2 Å². The Labute approximate surface area is 124 Å². The zero-order valence-corrected chi connectivity index (χ0v) is 12.5. The standard InChI is InChI=1S/C16H20N2OS/c1-12(15-5-7-20-11-15)18-9-14-4-6-17-16(8-14)19-10-13-2-3-13/h4-8,11-13,18H,2-3,9-10H2,1H3/t12-/m0/s1. The normalized spacial score (nSPS) is 16.1. The molecule has 106 valence electrons. The van der Waals surface area contributed by atoms with E-state index in [1.54, 1.807) is 11.3 Å². The third-order valence-corrected chi connectivity index (χ3v) is 4.32. The predicted octanol–water partition coefficient (Wildman–Crippen LogP) is 3.78. The van der Waals surface area contributed by atoms with Gasteiger partial charge >= 0.3 is 0 Å². The van der Waals surface area contributed by atoms with Crippen molar-refractivity contribution in [2.75, 3.05) is 6.61 Å². The molecule has 3 rings (SSSR count). The van der Waals surface area contributed by atoms with Crippen LogP contribution < -0.4 is 10.1 Å². The highest BCUT2D eigenvalue weighted by Crippen LogP contribution is 2.29. The highest BCUT2D eigenvalue weighted by Gasteiger charge is 2.22. The number of ether oxygens (including phenoxy) is 1. The van der Waals surface area contributed by atoms with Crippen LogP contribution in [-0.2, 0) is 6.54 Å². The molecule has 0 aliphatic heterocycles. The number of nitrogens with zero attached hydrogens (tertiary/aromatic N) is 1. The van der Waals surface area contributed by atoms with Crippen LogP contribution in [-0.4, -0.2) is 11.6 Å². The lowest BCUT2D eigenvalue weighted by atomic mass is 10.1. The van der Waals surface area contributed by atoms with Crippen molar-refractivity contribution in [1.29, 1.82) is 0 Å². The first-order valence-corrected chi connectivity index (χ1v) is 8.09. The summed E-state index contributed by atoms with van der Waals surface area (Å²) in [5.41, 5.74) is 2.56. The minimum atomic E-state index is 0.366. The van der Waals surface area contributed by atoms with Crippen LogP contribution in [0.3, 0.4) is 0 Å². The largest absolute Gasteiger partial charge is 0.477 e. The summed E-state index contributed by atoms with van der Waals surface area (Å²) in [5.74, 6) is 1.51. The van der Waals surface area contributed by atoms with Gasteiger partial charge in [0.25, 0.3) is 0 Å². The highest BCUT2D eigenvalue weighted by molar-refractivity contribution is 7.07. The highest BCUT2D eigenvalue weighted by atomic mass is 32.1. The summed E-state index contributed by atoms with van der Waals surface area (Å²) in [4.78, 5) is 4.27. The van der Waals surface area contributed by atoms with E-state index in [0.29, 0.717) is 6.04 Å². The SMILES string of the molecule is C[C@H](NCc1ccnc(OCC2CC2)c1)c1ccsc1. The number of hydrogen-bond donors (Lipinski definition) is 1. The van der Waals surface area contributed by atoms with Crippen molar-refractivity contribution in [3.63, 3.8) is 0 Å². The van der Waals surface area contributed by atoms with E-state index in [0.717, 1.165) is 24.9 Å². The topological polar surface area (TPSA) is 34.2 Å². The first kappa shape index (κ1) is 13.6. The van der Waals surface area contributed by atoms with Crippen LogP contribution in [0.4, 0.5) is 0 Å². The van der Waals surface area contributed by atoms with Crippen LogP contribution in [0.1, 0.15) is 36.9 Å². The van der Waals surface area contributed by atoms with Gasteiger partial charge in [0, 0.05) is 24.8 Å². The number of aromatic nitrogens is 1. The molecule has 1 aliphatic carbocycles. The number of nitrogens with one attached hydrogen (secondary N) is 1. The van der Waals surface area contributed by atoms with E-state index in [-0.39, 0.29) is 0 Å². The third kappa shape index (κ3) is 3.81. The van der Waals surface area contributed by atoms with Gasteiger partial charge in [-0.1, -0.05) is 0 Å². The summed E-state index contributed by atoms with van der Waals surface area (Å²) in [6.45, 7) is 3.84. The van der Waals surface area contributed by atoms with Gasteiger partial charge in [0.15, 0.2) is 0 Å². The molecule has 0 saturated heterocycles. The molecule has 2 heterocycles. The van der Waals surface area contributed by atoms with Crippen LogP contribution in [0, 0.1) is 5.92 Å². The Morgan fingerprint density at radius 2 is 2.35 bits per heavy atom. The maximum Gasteiger partial charge on any atom is 0.213 e. The molecule has 0 unspecified atom stereocenters. The fourth-order valence-corrected chi connectivity index (χ4v) is 2.79. The maximum absolute atomic E-state index is 5.71. The Morgan fingerprint density at radius 1 is 1.45 bits per heavy atom. The molecule has 1 fully saturated rings. The second-order valence-electron chi connectivity index (χ2n) is 5.42. The summed E-state index contributed by atoms with van der Waals surface area (Å²) < 4.78 is 5.71. The molecule has 4 heteroatoms. The molecule has 0 radical (unpaired) electrons. The molecule has 0 aromatic carbocycles. The first-order valence-electron chi connectivity index (χ1n) is 7.14. The molecule has 20 heavy (non-hydrogen) atoms. The Morgan fingerprint density at radius 3 is 3.10 bits per heavy atom. The smallest absolute Gasteiger partial charge is 0.213 e. The van der Waals surface area contributed by atoms with Crippen molar-refractivity contribution in [2.45, 2.75) is 32.4 Å². The summed E-state index contributed by atoms with van der Waals surface area (Å²) >= 11 is 1.74. The van der Waals surface area contributed by atoms with Crippen molar-refractivity contribution in [3.05, 3.63) is 46.3 Å². The summed E-state index contributed by atoms with van der Waals surface area (Å²) in [6, 6.07) is 6.61. The molecular weight excluding hydrogens is 268 g/mol. The Hall–Kier alpha value is -1.39. The summed E-state index contributed by atoms with van der Waals surface area (Å²) in [7, 11) is 0. The minimum Gasteiger partial charge on any atom is -0.477 e. The van der Waals surface area contributed by atoms with E-state index < -0.39 is 0 Å². The average molecular weight is 288 g/mol. The Balaban J connectivity index is 1.52. The molecule has 3 nitrogen and oxygen atoms in total. The third-order valence-electron chi connectivity index (χ3n) is 3.62. The predicted molar refractivity (Wildman–Crippen MR) is 82.0 cm³/mol. The van der Waals surface area contributed by atoms with E-state index in [1.165, 1.54) is 24.0 Å². The lowest BCUT2D eigenvalue weighted by molar-refractivity contribution is 0.288. The van der Waals surface area contributed by atoms with Crippen LogP contribution in [0.2, 0.25) is 0 Å². The lowest BCUT2D eigenvalue weighted by Gasteiger charge is -2.13. The second kappa shape index (κ2) is 6.37. The van der Waals surface area contributed by atoms with E-state index in [4.69, 9.17) is 4.74 Å². The number of thiophene rings is 1. The zero-order chi connectivity index (χ0) is 13.8. The minimum absolute atomic E-state index is 0.366. The van der Waals surface area contributed by atoms with Gasteiger partial charge in [0.2, 0.25) is 5.88 Å². The number of pyridine rings is 1.